The van der Waals surface area contributed by atoms with Gasteiger partial charge in [-0.2, -0.15) is 0 Å². The monoisotopic (exact) mass is 170 g/mol. The summed E-state index contributed by atoms with van der Waals surface area (Å²) >= 11 is 0. The quantitative estimate of drug-likeness (QED) is 0.581. The fourth-order valence-corrected chi connectivity index (χ4v) is 1.52. The highest BCUT2D eigenvalue weighted by Gasteiger charge is 2.30. The van der Waals surface area contributed by atoms with Crippen molar-refractivity contribution in [3.05, 3.63) is 11.1 Å². The van der Waals surface area contributed by atoms with Crippen molar-refractivity contribution in [1.82, 2.24) is 0 Å². The zero-order valence-corrected chi connectivity index (χ0v) is 7.37. The summed E-state index contributed by atoms with van der Waals surface area (Å²) in [7, 11) is 0. The van der Waals surface area contributed by atoms with Gasteiger partial charge in [-0.15, -0.1) is 0 Å². The Morgan fingerprint density at radius 1 is 1.33 bits per heavy atom. The zero-order valence-electron chi connectivity index (χ0n) is 7.37. The van der Waals surface area contributed by atoms with Gasteiger partial charge in [-0.25, -0.2) is 0 Å². The van der Waals surface area contributed by atoms with Gasteiger partial charge in [0.25, 0.3) is 0 Å². The number of aliphatic carboxylic acids is 1. The highest BCUT2D eigenvalue weighted by molar-refractivity contribution is 5.71. The van der Waals surface area contributed by atoms with Crippen LogP contribution in [0.3, 0.4) is 0 Å². The normalized spacial score (nSPS) is 30.6. The molecule has 0 saturated heterocycles. The molecule has 0 saturated carbocycles. The van der Waals surface area contributed by atoms with Crippen LogP contribution in [-0.2, 0) is 4.79 Å². The molecule has 0 aromatic carbocycles. The molecule has 0 spiro atoms. The molecular formula is C9H14O3. The molecule has 0 fully saturated rings. The molecule has 1 aliphatic rings. The molecule has 0 bridgehead atoms. The smallest absolute Gasteiger partial charge is 0.309 e. The number of allylic oxidation sites excluding steroid dienone is 1. The van der Waals surface area contributed by atoms with Gasteiger partial charge in [0, 0.05) is 0 Å². The average molecular weight is 170 g/mol. The van der Waals surface area contributed by atoms with Gasteiger partial charge >= 0.3 is 5.97 Å². The van der Waals surface area contributed by atoms with E-state index in [0.29, 0.717) is 12.8 Å². The van der Waals surface area contributed by atoms with Crippen molar-refractivity contribution < 1.29 is 15.0 Å². The van der Waals surface area contributed by atoms with Crippen LogP contribution in [0.2, 0.25) is 0 Å². The number of carbonyl (C=O) groups is 1. The third-order valence-electron chi connectivity index (χ3n) is 2.55. The summed E-state index contributed by atoms with van der Waals surface area (Å²) in [5.41, 5.74) is 2.23. The Bertz CT molecular complexity index is 230. The molecule has 0 radical (unpaired) electrons. The summed E-state index contributed by atoms with van der Waals surface area (Å²) in [6, 6.07) is 0. The first kappa shape index (κ1) is 9.26. The molecule has 2 unspecified atom stereocenters. The van der Waals surface area contributed by atoms with Crippen LogP contribution in [0.4, 0.5) is 0 Å². The Balaban J connectivity index is 2.79. The van der Waals surface area contributed by atoms with Crippen molar-refractivity contribution in [2.24, 2.45) is 5.92 Å². The maximum Gasteiger partial charge on any atom is 0.309 e. The van der Waals surface area contributed by atoms with E-state index in [0.717, 1.165) is 11.1 Å². The highest BCUT2D eigenvalue weighted by Crippen LogP contribution is 2.29. The number of aliphatic hydroxyl groups is 1. The maximum atomic E-state index is 10.6. The summed E-state index contributed by atoms with van der Waals surface area (Å²) in [6.07, 6.45) is 0.289. The molecule has 0 amide bonds. The van der Waals surface area contributed by atoms with Crippen LogP contribution >= 0.6 is 0 Å². The number of rotatable bonds is 1. The van der Waals surface area contributed by atoms with Crippen LogP contribution in [0.25, 0.3) is 0 Å². The fourth-order valence-electron chi connectivity index (χ4n) is 1.52. The van der Waals surface area contributed by atoms with Gasteiger partial charge in [-0.05, 0) is 26.7 Å². The number of carboxylic acid groups (broad SMARTS) is 1. The van der Waals surface area contributed by atoms with E-state index >= 15 is 0 Å². The van der Waals surface area contributed by atoms with Crippen LogP contribution in [0, 0.1) is 5.92 Å². The molecular weight excluding hydrogens is 156 g/mol. The minimum Gasteiger partial charge on any atom is -0.481 e. The Kier molecular flexibility index (Phi) is 2.52. The fraction of sp³-hybridized carbons (Fsp3) is 0.667. The van der Waals surface area contributed by atoms with Crippen LogP contribution in [-0.4, -0.2) is 22.3 Å². The van der Waals surface area contributed by atoms with E-state index in [4.69, 9.17) is 5.11 Å². The third-order valence-corrected chi connectivity index (χ3v) is 2.55. The van der Waals surface area contributed by atoms with E-state index in [2.05, 4.69) is 0 Å². The lowest BCUT2D eigenvalue weighted by Gasteiger charge is -2.26. The zero-order chi connectivity index (χ0) is 9.30. The Hall–Kier alpha value is -0.830. The van der Waals surface area contributed by atoms with E-state index in [1.807, 2.05) is 13.8 Å². The molecule has 3 heteroatoms. The molecule has 0 aromatic rings. The molecule has 12 heavy (non-hydrogen) atoms. The molecule has 2 N–H and O–H groups in total. The third kappa shape index (κ3) is 1.67. The Labute approximate surface area is 71.7 Å². The summed E-state index contributed by atoms with van der Waals surface area (Å²) in [5, 5.41) is 18.1. The van der Waals surface area contributed by atoms with Gasteiger partial charge in [0.2, 0.25) is 0 Å². The van der Waals surface area contributed by atoms with Gasteiger partial charge in [0.15, 0.2) is 0 Å². The standard InChI is InChI=1S/C9H14O3/c1-5-3-7(9(11)12)8(10)4-6(5)2/h7-8,10H,3-4H2,1-2H3,(H,11,12). The number of carboxylic acids is 1. The topological polar surface area (TPSA) is 57.5 Å². The van der Waals surface area contributed by atoms with E-state index in [1.54, 1.807) is 0 Å². The predicted molar refractivity (Wildman–Crippen MR) is 44.7 cm³/mol. The lowest BCUT2D eigenvalue weighted by molar-refractivity contribution is -0.145. The van der Waals surface area contributed by atoms with E-state index in [9.17, 15) is 9.90 Å². The summed E-state index contributed by atoms with van der Waals surface area (Å²) < 4.78 is 0. The largest absolute Gasteiger partial charge is 0.481 e. The van der Waals surface area contributed by atoms with Crippen LogP contribution in [0.15, 0.2) is 11.1 Å². The average Bonchev–Trinajstić information content (AvgIpc) is 1.96. The van der Waals surface area contributed by atoms with Crippen molar-refractivity contribution >= 4 is 5.97 Å². The van der Waals surface area contributed by atoms with Crippen LogP contribution in [0.1, 0.15) is 26.7 Å². The predicted octanol–water partition coefficient (Wildman–Crippen LogP) is 1.18. The second-order valence-electron chi connectivity index (χ2n) is 3.48. The minimum absolute atomic E-state index is 0.488. The highest BCUT2D eigenvalue weighted by atomic mass is 16.4. The van der Waals surface area contributed by atoms with Crippen molar-refractivity contribution in [1.29, 1.82) is 0 Å². The van der Waals surface area contributed by atoms with Gasteiger partial charge in [0.05, 0.1) is 12.0 Å². The summed E-state index contributed by atoms with van der Waals surface area (Å²) in [6.45, 7) is 3.87. The lowest BCUT2D eigenvalue weighted by atomic mass is 9.83. The van der Waals surface area contributed by atoms with E-state index in [1.165, 1.54) is 0 Å². The molecule has 1 aliphatic carbocycles. The summed E-state index contributed by atoms with van der Waals surface area (Å²) in [4.78, 5) is 10.6. The molecule has 0 heterocycles. The molecule has 68 valence electrons. The Morgan fingerprint density at radius 2 is 1.83 bits per heavy atom. The van der Waals surface area contributed by atoms with Gasteiger partial charge in [-0.1, -0.05) is 11.1 Å². The van der Waals surface area contributed by atoms with Crippen molar-refractivity contribution in [2.45, 2.75) is 32.8 Å². The Morgan fingerprint density at radius 3 is 2.33 bits per heavy atom. The second-order valence-corrected chi connectivity index (χ2v) is 3.48. The van der Waals surface area contributed by atoms with Crippen LogP contribution < -0.4 is 0 Å². The van der Waals surface area contributed by atoms with Gasteiger partial charge in [0.1, 0.15) is 0 Å². The van der Waals surface area contributed by atoms with E-state index < -0.39 is 18.0 Å². The molecule has 0 aliphatic heterocycles. The number of hydrogen-bond donors (Lipinski definition) is 2. The maximum absolute atomic E-state index is 10.6. The number of hydrogen-bond acceptors (Lipinski definition) is 2. The molecule has 1 rings (SSSR count). The van der Waals surface area contributed by atoms with Gasteiger partial charge in [-0.3, -0.25) is 4.79 Å². The van der Waals surface area contributed by atoms with Crippen LogP contribution in [0.5, 0.6) is 0 Å². The first-order chi connectivity index (χ1) is 5.52. The SMILES string of the molecule is CC1=C(C)CC(C(=O)O)C(O)C1. The molecule has 2 atom stereocenters. The lowest BCUT2D eigenvalue weighted by Crippen LogP contribution is -2.31. The van der Waals surface area contributed by atoms with Crippen molar-refractivity contribution in [2.75, 3.05) is 0 Å². The second kappa shape index (κ2) is 3.27. The first-order valence-electron chi connectivity index (χ1n) is 4.08. The summed E-state index contributed by atoms with van der Waals surface area (Å²) in [5.74, 6) is -1.50. The van der Waals surface area contributed by atoms with E-state index in [-0.39, 0.29) is 0 Å². The van der Waals surface area contributed by atoms with Crippen molar-refractivity contribution in [3.8, 4) is 0 Å². The molecule has 3 nitrogen and oxygen atoms in total. The molecule has 0 aromatic heterocycles. The minimum atomic E-state index is -0.894. The van der Waals surface area contributed by atoms with Crippen molar-refractivity contribution in [3.63, 3.8) is 0 Å². The number of aliphatic hydroxyl groups excluding tert-OH is 1. The van der Waals surface area contributed by atoms with Gasteiger partial charge < -0.3 is 10.2 Å². The first-order valence-corrected chi connectivity index (χ1v) is 4.08.